The van der Waals surface area contributed by atoms with Crippen LogP contribution >= 0.6 is 0 Å². The van der Waals surface area contributed by atoms with E-state index in [1.165, 1.54) is 0 Å². The molecule has 0 heterocycles. The van der Waals surface area contributed by atoms with Crippen molar-refractivity contribution in [2.45, 2.75) is 26.8 Å². The minimum absolute atomic E-state index is 0.167. The molecule has 0 aliphatic carbocycles. The summed E-state index contributed by atoms with van der Waals surface area (Å²) in [6, 6.07) is 1.78. The number of hydrogen-bond donors (Lipinski definition) is 2. The molecule has 0 fully saturated rings. The van der Waals surface area contributed by atoms with Gasteiger partial charge in [0.25, 0.3) is 0 Å². The monoisotopic (exact) mass is 195 g/mol. The number of rotatable bonds is 2. The van der Waals surface area contributed by atoms with Gasteiger partial charge < -0.3 is 15.6 Å². The molecule has 1 atom stereocenters. The fourth-order valence-electron chi connectivity index (χ4n) is 1.80. The fourth-order valence-corrected chi connectivity index (χ4v) is 1.80. The molecule has 0 aliphatic heterocycles. The molecule has 3 N–H and O–H groups in total. The first-order valence-electron chi connectivity index (χ1n) is 4.61. The van der Waals surface area contributed by atoms with Crippen LogP contribution in [0, 0.1) is 13.8 Å². The zero-order valence-electron chi connectivity index (χ0n) is 9.09. The highest BCUT2D eigenvalue weighted by molar-refractivity contribution is 5.55. The molecule has 0 spiro atoms. The predicted molar refractivity (Wildman–Crippen MR) is 56.7 cm³/mol. The van der Waals surface area contributed by atoms with E-state index >= 15 is 0 Å². The van der Waals surface area contributed by atoms with Crippen molar-refractivity contribution in [3.63, 3.8) is 0 Å². The van der Waals surface area contributed by atoms with Gasteiger partial charge in [0.2, 0.25) is 0 Å². The summed E-state index contributed by atoms with van der Waals surface area (Å²) >= 11 is 0. The van der Waals surface area contributed by atoms with E-state index in [1.807, 2.05) is 26.8 Å². The Morgan fingerprint density at radius 2 is 1.93 bits per heavy atom. The molecule has 0 bridgehead atoms. The molecule has 0 radical (unpaired) electrons. The molecule has 0 aromatic heterocycles. The van der Waals surface area contributed by atoms with Crippen LogP contribution in [0.25, 0.3) is 0 Å². The fraction of sp³-hybridized carbons (Fsp3) is 0.455. The van der Waals surface area contributed by atoms with Crippen LogP contribution in [-0.4, -0.2) is 12.2 Å². The zero-order valence-corrected chi connectivity index (χ0v) is 9.09. The minimum Gasteiger partial charge on any atom is -0.504 e. The minimum atomic E-state index is -0.190. The summed E-state index contributed by atoms with van der Waals surface area (Å²) in [5.41, 5.74) is 8.45. The maximum atomic E-state index is 9.92. The summed E-state index contributed by atoms with van der Waals surface area (Å²) < 4.78 is 5.12. The van der Waals surface area contributed by atoms with E-state index in [9.17, 15) is 5.11 Å². The van der Waals surface area contributed by atoms with Gasteiger partial charge in [-0.3, -0.25) is 0 Å². The normalized spacial score (nSPS) is 12.6. The Bertz CT molecular complexity index is 346. The Labute approximate surface area is 84.5 Å². The number of phenolic OH excluding ortho intramolecular Hbond substituents is 1. The van der Waals surface area contributed by atoms with Gasteiger partial charge in [-0.15, -0.1) is 0 Å². The third-order valence-corrected chi connectivity index (χ3v) is 2.35. The van der Waals surface area contributed by atoms with Crippen molar-refractivity contribution in [1.82, 2.24) is 0 Å². The van der Waals surface area contributed by atoms with E-state index in [1.54, 1.807) is 7.11 Å². The van der Waals surface area contributed by atoms with Crippen LogP contribution in [-0.2, 0) is 0 Å². The van der Waals surface area contributed by atoms with Crippen LogP contribution in [0.4, 0.5) is 0 Å². The highest BCUT2D eigenvalue weighted by Crippen LogP contribution is 2.38. The Balaban J connectivity index is 3.44. The molecule has 0 saturated heterocycles. The third-order valence-electron chi connectivity index (χ3n) is 2.35. The zero-order chi connectivity index (χ0) is 10.9. The number of methoxy groups -OCH3 is 1. The van der Waals surface area contributed by atoms with Crippen LogP contribution in [0.3, 0.4) is 0 Å². The lowest BCUT2D eigenvalue weighted by Gasteiger charge is -2.16. The van der Waals surface area contributed by atoms with Crippen LogP contribution < -0.4 is 10.5 Å². The molecule has 0 aliphatic rings. The van der Waals surface area contributed by atoms with Gasteiger partial charge in [0.15, 0.2) is 11.5 Å². The molecular weight excluding hydrogens is 178 g/mol. The summed E-state index contributed by atoms with van der Waals surface area (Å²) in [6.45, 7) is 5.68. The van der Waals surface area contributed by atoms with Crippen molar-refractivity contribution < 1.29 is 9.84 Å². The highest BCUT2D eigenvalue weighted by Gasteiger charge is 2.16. The number of phenols is 1. The molecule has 78 valence electrons. The van der Waals surface area contributed by atoms with E-state index in [0.717, 1.165) is 16.7 Å². The molecule has 0 saturated carbocycles. The second-order valence-corrected chi connectivity index (χ2v) is 3.59. The number of aryl methyl sites for hydroxylation is 2. The number of hydrogen-bond acceptors (Lipinski definition) is 3. The summed E-state index contributed by atoms with van der Waals surface area (Å²) in [4.78, 5) is 0. The van der Waals surface area contributed by atoms with Crippen molar-refractivity contribution in [3.05, 3.63) is 22.8 Å². The first kappa shape index (κ1) is 10.9. The van der Waals surface area contributed by atoms with Gasteiger partial charge in [-0.25, -0.2) is 0 Å². The predicted octanol–water partition coefficient (Wildman–Crippen LogP) is 2.04. The summed E-state index contributed by atoms with van der Waals surface area (Å²) in [5, 5.41) is 9.92. The largest absolute Gasteiger partial charge is 0.504 e. The number of benzene rings is 1. The first-order valence-corrected chi connectivity index (χ1v) is 4.61. The molecular formula is C11H17NO2. The molecule has 3 nitrogen and oxygen atoms in total. The summed E-state index contributed by atoms with van der Waals surface area (Å²) in [7, 11) is 1.54. The van der Waals surface area contributed by atoms with Crippen molar-refractivity contribution in [3.8, 4) is 11.5 Å². The molecule has 1 unspecified atom stereocenters. The van der Waals surface area contributed by atoms with Crippen molar-refractivity contribution in [1.29, 1.82) is 0 Å². The molecule has 14 heavy (non-hydrogen) atoms. The smallest absolute Gasteiger partial charge is 0.163 e. The van der Waals surface area contributed by atoms with Gasteiger partial charge in [0, 0.05) is 11.6 Å². The highest BCUT2D eigenvalue weighted by atomic mass is 16.5. The van der Waals surface area contributed by atoms with Crippen molar-refractivity contribution >= 4 is 0 Å². The summed E-state index contributed by atoms with van der Waals surface area (Å²) in [6.07, 6.45) is 0. The van der Waals surface area contributed by atoms with Gasteiger partial charge in [-0.2, -0.15) is 0 Å². The summed E-state index contributed by atoms with van der Waals surface area (Å²) in [5.74, 6) is 0.683. The van der Waals surface area contributed by atoms with Gasteiger partial charge in [0.05, 0.1) is 7.11 Å². The van der Waals surface area contributed by atoms with Gasteiger partial charge in [0.1, 0.15) is 0 Å². The molecule has 1 aromatic carbocycles. The third kappa shape index (κ3) is 1.68. The number of aromatic hydroxyl groups is 1. The lowest BCUT2D eigenvalue weighted by molar-refractivity contribution is 0.366. The standard InChI is InChI=1S/C11H17NO2/c1-6-5-7(2)11(14-4)10(13)9(6)8(3)12/h5,8,13H,12H2,1-4H3. The van der Waals surface area contributed by atoms with Crippen LogP contribution in [0.5, 0.6) is 11.5 Å². The lowest BCUT2D eigenvalue weighted by Crippen LogP contribution is -2.08. The van der Waals surface area contributed by atoms with E-state index in [-0.39, 0.29) is 11.8 Å². The lowest BCUT2D eigenvalue weighted by atomic mass is 9.98. The Morgan fingerprint density at radius 3 is 2.36 bits per heavy atom. The van der Waals surface area contributed by atoms with Gasteiger partial charge >= 0.3 is 0 Å². The number of nitrogens with two attached hydrogens (primary N) is 1. The SMILES string of the molecule is COc1c(C)cc(C)c(C(C)N)c1O. The van der Waals surface area contributed by atoms with E-state index in [4.69, 9.17) is 10.5 Å². The van der Waals surface area contributed by atoms with E-state index < -0.39 is 0 Å². The second kappa shape index (κ2) is 3.88. The van der Waals surface area contributed by atoms with E-state index in [0.29, 0.717) is 5.75 Å². The van der Waals surface area contributed by atoms with Crippen molar-refractivity contribution in [2.75, 3.05) is 7.11 Å². The second-order valence-electron chi connectivity index (χ2n) is 3.59. The van der Waals surface area contributed by atoms with Crippen molar-refractivity contribution in [2.24, 2.45) is 5.73 Å². The topological polar surface area (TPSA) is 55.5 Å². The molecule has 0 amide bonds. The number of ether oxygens (including phenoxy) is 1. The van der Waals surface area contributed by atoms with Crippen LogP contribution in [0.2, 0.25) is 0 Å². The van der Waals surface area contributed by atoms with Crippen LogP contribution in [0.1, 0.15) is 29.7 Å². The average Bonchev–Trinajstić information content (AvgIpc) is 2.02. The quantitative estimate of drug-likeness (QED) is 0.759. The van der Waals surface area contributed by atoms with Gasteiger partial charge in [-0.1, -0.05) is 6.07 Å². The average molecular weight is 195 g/mol. The molecule has 1 rings (SSSR count). The Morgan fingerprint density at radius 1 is 1.36 bits per heavy atom. The first-order chi connectivity index (χ1) is 6.49. The van der Waals surface area contributed by atoms with Crippen LogP contribution in [0.15, 0.2) is 6.07 Å². The molecule has 1 aromatic rings. The van der Waals surface area contributed by atoms with Gasteiger partial charge in [-0.05, 0) is 31.9 Å². The maximum Gasteiger partial charge on any atom is 0.163 e. The van der Waals surface area contributed by atoms with E-state index in [2.05, 4.69) is 0 Å². The Kier molecular flexibility index (Phi) is 3.01. The molecule has 3 heteroatoms. The maximum absolute atomic E-state index is 9.92. The Hall–Kier alpha value is -1.22.